The van der Waals surface area contributed by atoms with E-state index in [1.807, 2.05) is 12.2 Å². The smallest absolute Gasteiger partial charge is 0.347 e. The van der Waals surface area contributed by atoms with Crippen LogP contribution in [0, 0.1) is 32.6 Å². The molecule has 242 valence electrons. The average Bonchev–Trinajstić information content (AvgIpc) is 2.98. The van der Waals surface area contributed by atoms with Crippen LogP contribution in [0.25, 0.3) is 0 Å². The van der Waals surface area contributed by atoms with Crippen molar-refractivity contribution >= 4 is 30.3 Å². The second kappa shape index (κ2) is 16.3. The number of esters is 1. The molecule has 12 nitrogen and oxygen atoms in total. The maximum Gasteiger partial charge on any atom is 0.347 e. The third-order valence-electron chi connectivity index (χ3n) is 7.33. The third-order valence-corrected chi connectivity index (χ3v) is 7.33. The number of aryl methyl sites for hydroxylation is 2. The Morgan fingerprint density at radius 2 is 1.62 bits per heavy atom. The predicted molar refractivity (Wildman–Crippen MR) is 162 cm³/mol. The number of carboxylic acid groups (broad SMARTS) is 1. The van der Waals surface area contributed by atoms with Crippen LogP contribution in [0.5, 0.6) is 23.0 Å². The van der Waals surface area contributed by atoms with E-state index >= 15 is 0 Å². The second-order valence-corrected chi connectivity index (χ2v) is 10.5. The molecule has 2 aromatic carbocycles. The molecule has 1 saturated carbocycles. The zero-order valence-corrected chi connectivity index (χ0v) is 25.6. The summed E-state index contributed by atoms with van der Waals surface area (Å²) >= 11 is 0. The summed E-state index contributed by atoms with van der Waals surface area (Å²) in [5.41, 5.74) is -0.307. The number of aldehydes is 2. The molecule has 1 aliphatic carbocycles. The number of methoxy groups -OCH3 is 1. The number of aliphatic hydroxyl groups is 2. The number of aromatic hydroxyl groups is 2. The number of phenolic OH excluding ortho intramolecular Hbond substituents is 1. The summed E-state index contributed by atoms with van der Waals surface area (Å²) in [6.07, 6.45) is 8.07. The van der Waals surface area contributed by atoms with Gasteiger partial charge >= 0.3 is 11.9 Å². The van der Waals surface area contributed by atoms with Gasteiger partial charge in [-0.3, -0.25) is 9.59 Å². The van der Waals surface area contributed by atoms with Crippen molar-refractivity contribution < 1.29 is 59.0 Å². The highest BCUT2D eigenvalue weighted by Crippen LogP contribution is 2.36. The highest BCUT2D eigenvalue weighted by atomic mass is 16.5. The standard InChI is InChI=1S/C19H18O8.C14H20O4/c1-8-5-13(26-4)11(7-20)17(22)14(8)19(25)27-12-6-9(2)16(21)15(10(12)3)18(23)24;1-2-3-4-5-6-7-10-8-12(16)14(18)13(17)11(10)9-15/h5-7,21-22H,1-4H3,(H,23,24);4-7,9-12,14,16,18H,2-3,8H2,1H3. The van der Waals surface area contributed by atoms with Crippen molar-refractivity contribution in [3.05, 3.63) is 69.8 Å². The summed E-state index contributed by atoms with van der Waals surface area (Å²) < 4.78 is 10.3. The van der Waals surface area contributed by atoms with Gasteiger partial charge < -0.3 is 39.8 Å². The fraction of sp³-hybridized carbons (Fsp3) is 0.364. The van der Waals surface area contributed by atoms with Gasteiger partial charge in [-0.15, -0.1) is 0 Å². The molecule has 0 radical (unpaired) electrons. The third kappa shape index (κ3) is 8.43. The zero-order valence-electron chi connectivity index (χ0n) is 25.6. The van der Waals surface area contributed by atoms with Crippen LogP contribution < -0.4 is 9.47 Å². The van der Waals surface area contributed by atoms with E-state index in [0.29, 0.717) is 18.1 Å². The lowest BCUT2D eigenvalue weighted by molar-refractivity contribution is -0.146. The number of phenols is 2. The van der Waals surface area contributed by atoms with Crippen molar-refractivity contribution in [2.45, 2.75) is 59.2 Å². The highest BCUT2D eigenvalue weighted by Gasteiger charge is 2.41. The van der Waals surface area contributed by atoms with Gasteiger partial charge in [0, 0.05) is 5.56 Å². The van der Waals surface area contributed by atoms with Crippen molar-refractivity contribution in [3.8, 4) is 23.0 Å². The van der Waals surface area contributed by atoms with Crippen molar-refractivity contribution in [2.24, 2.45) is 11.8 Å². The van der Waals surface area contributed by atoms with Gasteiger partial charge in [0.1, 0.15) is 46.5 Å². The quantitative estimate of drug-likeness (QED) is 0.0840. The first-order valence-electron chi connectivity index (χ1n) is 14.1. The molecule has 3 rings (SSSR count). The Labute approximate surface area is 260 Å². The van der Waals surface area contributed by atoms with E-state index in [9.17, 15) is 49.5 Å². The minimum absolute atomic E-state index is 0.0419. The Morgan fingerprint density at radius 1 is 0.978 bits per heavy atom. The number of hydrogen-bond acceptors (Lipinski definition) is 11. The van der Waals surface area contributed by atoms with Crippen LogP contribution in [0.2, 0.25) is 0 Å². The van der Waals surface area contributed by atoms with E-state index in [2.05, 4.69) is 6.92 Å². The summed E-state index contributed by atoms with van der Waals surface area (Å²) in [5, 5.41) is 48.4. The summed E-state index contributed by atoms with van der Waals surface area (Å²) in [6, 6.07) is 2.71. The van der Waals surface area contributed by atoms with Gasteiger partial charge in [-0.25, -0.2) is 9.59 Å². The number of benzene rings is 2. The van der Waals surface area contributed by atoms with Gasteiger partial charge in [0.05, 0.1) is 24.7 Å². The van der Waals surface area contributed by atoms with Crippen LogP contribution in [-0.2, 0) is 9.59 Å². The summed E-state index contributed by atoms with van der Waals surface area (Å²) in [5.74, 6) is -5.14. The molecule has 4 unspecified atom stereocenters. The lowest BCUT2D eigenvalue weighted by Crippen LogP contribution is -2.47. The van der Waals surface area contributed by atoms with Crippen LogP contribution in [0.15, 0.2) is 36.4 Å². The molecule has 45 heavy (non-hydrogen) atoms. The molecule has 1 fully saturated rings. The number of ketones is 1. The normalized spacial score (nSPS) is 19.6. The number of rotatable bonds is 10. The monoisotopic (exact) mass is 626 g/mol. The van der Waals surface area contributed by atoms with Crippen LogP contribution in [0.3, 0.4) is 0 Å². The van der Waals surface area contributed by atoms with Crippen molar-refractivity contribution in [1.29, 1.82) is 0 Å². The number of hydrogen-bond donors (Lipinski definition) is 5. The molecule has 0 bridgehead atoms. The maximum atomic E-state index is 12.6. The second-order valence-electron chi connectivity index (χ2n) is 10.5. The molecule has 0 heterocycles. The first-order valence-corrected chi connectivity index (χ1v) is 14.1. The van der Waals surface area contributed by atoms with E-state index in [-0.39, 0.29) is 51.7 Å². The molecule has 1 aliphatic rings. The van der Waals surface area contributed by atoms with Crippen LogP contribution >= 0.6 is 0 Å². The van der Waals surface area contributed by atoms with Crippen molar-refractivity contribution in [3.63, 3.8) is 0 Å². The molecule has 4 atom stereocenters. The van der Waals surface area contributed by atoms with E-state index in [1.54, 1.807) is 12.2 Å². The molecule has 12 heteroatoms. The first kappa shape index (κ1) is 36.4. The number of carbonyl (C=O) groups excluding carboxylic acids is 4. The number of allylic oxidation sites excluding steroid dienone is 4. The Morgan fingerprint density at radius 3 is 2.18 bits per heavy atom. The molecule has 2 aromatic rings. The van der Waals surface area contributed by atoms with Gasteiger partial charge in [-0.1, -0.05) is 37.6 Å². The van der Waals surface area contributed by atoms with Crippen LogP contribution in [0.1, 0.15) is 74.0 Å². The molecule has 0 aromatic heterocycles. The number of unbranched alkanes of at least 4 members (excludes halogenated alkanes) is 1. The van der Waals surface area contributed by atoms with Crippen LogP contribution in [-0.4, -0.2) is 75.1 Å². The molecule has 0 spiro atoms. The van der Waals surface area contributed by atoms with E-state index in [1.165, 1.54) is 40.0 Å². The van der Waals surface area contributed by atoms with Gasteiger partial charge in [-0.05, 0) is 62.8 Å². The molecule has 0 aliphatic heterocycles. The Kier molecular flexibility index (Phi) is 13.2. The number of aromatic carboxylic acids is 1. The summed E-state index contributed by atoms with van der Waals surface area (Å²) in [7, 11) is 1.31. The first-order chi connectivity index (χ1) is 21.2. The molecular formula is C33H38O12. The maximum absolute atomic E-state index is 12.6. The summed E-state index contributed by atoms with van der Waals surface area (Å²) in [6.45, 7) is 6.43. The zero-order chi connectivity index (χ0) is 34.0. The SMILES string of the molecule is CCCC=CC=CC1CC(O)C(O)C(=O)C1C=O.COc1cc(C)c(C(=O)Oc2cc(C)c(O)c(C(=O)O)c2C)c(O)c1C=O. The van der Waals surface area contributed by atoms with E-state index in [0.717, 1.165) is 12.8 Å². The number of carbonyl (C=O) groups is 5. The number of Topliss-reactive ketones (excluding diaryl/α,β-unsaturated/α-hetero) is 1. The minimum Gasteiger partial charge on any atom is -0.507 e. The van der Waals surface area contributed by atoms with Crippen molar-refractivity contribution in [1.82, 2.24) is 0 Å². The highest BCUT2D eigenvalue weighted by molar-refractivity contribution is 6.01. The lowest BCUT2D eigenvalue weighted by atomic mass is 9.76. The predicted octanol–water partition coefficient (Wildman–Crippen LogP) is 3.79. The number of carboxylic acids is 1. The van der Waals surface area contributed by atoms with E-state index < -0.39 is 47.3 Å². The molecule has 0 amide bonds. The Balaban J connectivity index is 0.000000341. The number of ether oxygens (including phenoxy) is 2. The van der Waals surface area contributed by atoms with Gasteiger partial charge in [-0.2, -0.15) is 0 Å². The Hall–Kier alpha value is -4.81. The van der Waals surface area contributed by atoms with Gasteiger partial charge in [0.2, 0.25) is 0 Å². The van der Waals surface area contributed by atoms with Gasteiger partial charge in [0.25, 0.3) is 0 Å². The van der Waals surface area contributed by atoms with Gasteiger partial charge in [0.15, 0.2) is 12.1 Å². The molecule has 0 saturated heterocycles. The fourth-order valence-corrected chi connectivity index (χ4v) is 4.78. The van der Waals surface area contributed by atoms with Crippen molar-refractivity contribution in [2.75, 3.05) is 7.11 Å². The fourth-order valence-electron chi connectivity index (χ4n) is 4.78. The lowest BCUT2D eigenvalue weighted by Gasteiger charge is -2.31. The molecular weight excluding hydrogens is 588 g/mol. The average molecular weight is 627 g/mol. The Bertz CT molecular complexity index is 1500. The number of aliphatic hydroxyl groups excluding tert-OH is 2. The molecule has 5 N–H and O–H groups in total. The van der Waals surface area contributed by atoms with Crippen LogP contribution in [0.4, 0.5) is 0 Å². The topological polar surface area (TPSA) is 205 Å². The summed E-state index contributed by atoms with van der Waals surface area (Å²) in [4.78, 5) is 57.7. The largest absolute Gasteiger partial charge is 0.507 e. The minimum atomic E-state index is -1.43. The van der Waals surface area contributed by atoms with E-state index in [4.69, 9.17) is 9.47 Å².